The van der Waals surface area contributed by atoms with Crippen LogP contribution in [0.2, 0.25) is 10.0 Å². The fourth-order valence-electron chi connectivity index (χ4n) is 3.11. The Bertz CT molecular complexity index is 763. The summed E-state index contributed by atoms with van der Waals surface area (Å²) in [4.78, 5) is 14.9. The Morgan fingerprint density at radius 1 is 1.23 bits per heavy atom. The summed E-state index contributed by atoms with van der Waals surface area (Å²) in [6.45, 7) is 3.32. The van der Waals surface area contributed by atoms with Crippen LogP contribution < -0.4 is 15.0 Å². The molecular weight excluding hydrogens is 371 g/mol. The number of halogens is 2. The quantitative estimate of drug-likeness (QED) is 0.783. The van der Waals surface area contributed by atoms with Crippen molar-refractivity contribution < 1.29 is 9.53 Å². The van der Waals surface area contributed by atoms with Gasteiger partial charge < -0.3 is 15.0 Å². The third-order valence-electron chi connectivity index (χ3n) is 4.41. The van der Waals surface area contributed by atoms with E-state index in [0.29, 0.717) is 22.3 Å². The summed E-state index contributed by atoms with van der Waals surface area (Å²) in [5.41, 5.74) is 0.776. The summed E-state index contributed by atoms with van der Waals surface area (Å²) >= 11 is 12.1. The first-order chi connectivity index (χ1) is 12.5. The summed E-state index contributed by atoms with van der Waals surface area (Å²) < 4.78 is 5.83. The van der Waals surface area contributed by atoms with Crippen molar-refractivity contribution in [3.8, 4) is 5.75 Å². The molecule has 138 valence electrons. The number of anilines is 1. The second kappa shape index (κ2) is 8.76. The third kappa shape index (κ3) is 4.91. The van der Waals surface area contributed by atoms with E-state index >= 15 is 0 Å². The lowest BCUT2D eigenvalue weighted by molar-refractivity contribution is -0.124. The van der Waals surface area contributed by atoms with E-state index in [-0.39, 0.29) is 11.9 Å². The molecule has 2 aromatic rings. The van der Waals surface area contributed by atoms with Crippen LogP contribution in [0.5, 0.6) is 5.75 Å². The fraction of sp³-hybridized carbons (Fsp3) is 0.350. The van der Waals surface area contributed by atoms with Gasteiger partial charge in [-0.2, -0.15) is 0 Å². The molecule has 1 fully saturated rings. The van der Waals surface area contributed by atoms with Crippen molar-refractivity contribution >= 4 is 34.8 Å². The van der Waals surface area contributed by atoms with Crippen LogP contribution in [0.15, 0.2) is 48.5 Å². The molecule has 1 N–H and O–H groups in total. The minimum Gasteiger partial charge on any atom is -0.481 e. The molecule has 1 saturated heterocycles. The van der Waals surface area contributed by atoms with Gasteiger partial charge in [0.15, 0.2) is 6.10 Å². The van der Waals surface area contributed by atoms with Gasteiger partial charge in [-0.05, 0) is 62.7 Å². The smallest absolute Gasteiger partial charge is 0.267 e. The Kier molecular flexibility index (Phi) is 6.41. The molecule has 1 amide bonds. The van der Waals surface area contributed by atoms with Crippen LogP contribution in [0.1, 0.15) is 19.8 Å². The van der Waals surface area contributed by atoms with E-state index < -0.39 is 6.10 Å². The number of benzene rings is 2. The summed E-state index contributed by atoms with van der Waals surface area (Å²) in [7, 11) is 0. The molecule has 4 nitrogen and oxygen atoms in total. The second-order valence-corrected chi connectivity index (χ2v) is 7.31. The molecular formula is C20H22Cl2N2O2. The van der Waals surface area contributed by atoms with E-state index in [2.05, 4.69) is 5.32 Å². The fourth-order valence-corrected chi connectivity index (χ4v) is 3.48. The Morgan fingerprint density at radius 3 is 2.62 bits per heavy atom. The van der Waals surface area contributed by atoms with Gasteiger partial charge in [0.1, 0.15) is 5.75 Å². The molecule has 3 rings (SSSR count). The number of hydrogen-bond donors (Lipinski definition) is 1. The normalized spacial score (nSPS) is 17.7. The van der Waals surface area contributed by atoms with Gasteiger partial charge in [-0.25, -0.2) is 0 Å². The van der Waals surface area contributed by atoms with Crippen molar-refractivity contribution in [2.75, 3.05) is 18.0 Å². The van der Waals surface area contributed by atoms with Crippen molar-refractivity contribution in [2.45, 2.75) is 31.9 Å². The summed E-state index contributed by atoms with van der Waals surface area (Å²) in [5, 5.41) is 4.61. The van der Waals surface area contributed by atoms with Gasteiger partial charge in [-0.15, -0.1) is 0 Å². The highest BCUT2D eigenvalue weighted by Gasteiger charge is 2.27. The number of hydrogen-bond acceptors (Lipinski definition) is 3. The van der Waals surface area contributed by atoms with E-state index in [4.69, 9.17) is 27.9 Å². The molecule has 0 radical (unpaired) electrons. The predicted molar refractivity (Wildman–Crippen MR) is 106 cm³/mol. The van der Waals surface area contributed by atoms with E-state index in [9.17, 15) is 4.79 Å². The molecule has 1 unspecified atom stereocenters. The lowest BCUT2D eigenvalue weighted by Crippen LogP contribution is -2.46. The van der Waals surface area contributed by atoms with Crippen LogP contribution in [-0.2, 0) is 4.79 Å². The van der Waals surface area contributed by atoms with Crippen LogP contribution in [0.4, 0.5) is 5.69 Å². The number of amides is 1. The molecule has 1 heterocycles. The van der Waals surface area contributed by atoms with E-state index in [1.54, 1.807) is 48.2 Å². The summed E-state index contributed by atoms with van der Waals surface area (Å²) in [6.07, 6.45) is 1.53. The molecule has 1 aliphatic rings. The number of ether oxygens (including phenoxy) is 1. The first-order valence-corrected chi connectivity index (χ1v) is 9.51. The predicted octanol–water partition coefficient (Wildman–Crippen LogP) is 4.55. The van der Waals surface area contributed by atoms with Gasteiger partial charge in [0.2, 0.25) is 0 Å². The minimum atomic E-state index is -0.645. The number of rotatable bonds is 6. The maximum Gasteiger partial charge on any atom is 0.267 e. The van der Waals surface area contributed by atoms with Gasteiger partial charge >= 0.3 is 0 Å². The molecule has 26 heavy (non-hydrogen) atoms. The van der Waals surface area contributed by atoms with Crippen LogP contribution in [-0.4, -0.2) is 31.1 Å². The Labute approximate surface area is 164 Å². The summed E-state index contributed by atoms with van der Waals surface area (Å²) in [6, 6.07) is 14.7. The molecule has 0 spiro atoms. The van der Waals surface area contributed by atoms with Crippen LogP contribution >= 0.6 is 23.2 Å². The molecule has 0 bridgehead atoms. The highest BCUT2D eigenvalue weighted by atomic mass is 35.5. The number of nitrogens with one attached hydrogen (secondary N) is 1. The van der Waals surface area contributed by atoms with Crippen molar-refractivity contribution in [2.24, 2.45) is 0 Å². The van der Waals surface area contributed by atoms with Gasteiger partial charge in [0, 0.05) is 28.3 Å². The zero-order valence-electron chi connectivity index (χ0n) is 14.6. The minimum absolute atomic E-state index is 0.110. The molecule has 6 heteroatoms. The van der Waals surface area contributed by atoms with Crippen LogP contribution in [0, 0.1) is 0 Å². The van der Waals surface area contributed by atoms with Crippen molar-refractivity contribution in [3.05, 3.63) is 58.6 Å². The second-order valence-electron chi connectivity index (χ2n) is 6.44. The molecule has 0 aromatic heterocycles. The highest BCUT2D eigenvalue weighted by Crippen LogP contribution is 2.24. The average molecular weight is 393 g/mol. The molecule has 2 aromatic carbocycles. The Balaban J connectivity index is 1.78. The molecule has 1 aliphatic heterocycles. The van der Waals surface area contributed by atoms with Gasteiger partial charge in [-0.3, -0.25) is 4.79 Å². The Hall–Kier alpha value is -1.75. The number of carbonyl (C=O) groups excluding carboxylic acids is 1. The lowest BCUT2D eigenvalue weighted by atomic mass is 10.1. The van der Waals surface area contributed by atoms with Gasteiger partial charge in [0.25, 0.3) is 5.91 Å². The van der Waals surface area contributed by atoms with Crippen molar-refractivity contribution in [1.29, 1.82) is 0 Å². The van der Waals surface area contributed by atoms with Crippen LogP contribution in [0.25, 0.3) is 0 Å². The maximum absolute atomic E-state index is 13.1. The maximum atomic E-state index is 13.1. The molecule has 2 atom stereocenters. The number of carbonyl (C=O) groups is 1. The Morgan fingerprint density at radius 2 is 1.96 bits per heavy atom. The zero-order valence-corrected chi connectivity index (χ0v) is 16.1. The van der Waals surface area contributed by atoms with Crippen molar-refractivity contribution in [3.63, 3.8) is 0 Å². The van der Waals surface area contributed by atoms with Crippen molar-refractivity contribution in [1.82, 2.24) is 5.32 Å². The standard InChI is InChI=1S/C20H22Cl2N2O2/c1-14(26-19-9-3-6-16(22)12-19)20(25)24(13-17-7-4-10-23-17)18-8-2-5-15(21)11-18/h2-3,5-6,8-9,11-12,14,17,23H,4,7,10,13H2,1H3/t14?,17-/m1/s1. The monoisotopic (exact) mass is 392 g/mol. The SMILES string of the molecule is CC(Oc1cccc(Cl)c1)C(=O)N(C[C@H]1CCCN1)c1cccc(Cl)c1. The van der Waals surface area contributed by atoms with E-state index in [1.165, 1.54) is 0 Å². The lowest BCUT2D eigenvalue weighted by Gasteiger charge is -2.29. The van der Waals surface area contributed by atoms with Gasteiger partial charge in [0.05, 0.1) is 0 Å². The largest absolute Gasteiger partial charge is 0.481 e. The van der Waals surface area contributed by atoms with Gasteiger partial charge in [-0.1, -0.05) is 35.3 Å². The van der Waals surface area contributed by atoms with E-state index in [0.717, 1.165) is 25.1 Å². The zero-order chi connectivity index (χ0) is 18.5. The number of nitrogens with zero attached hydrogens (tertiary/aromatic N) is 1. The molecule has 0 aliphatic carbocycles. The first kappa shape index (κ1) is 19.0. The first-order valence-electron chi connectivity index (χ1n) is 8.75. The van der Waals surface area contributed by atoms with E-state index in [1.807, 2.05) is 12.1 Å². The topological polar surface area (TPSA) is 41.6 Å². The summed E-state index contributed by atoms with van der Waals surface area (Å²) in [5.74, 6) is 0.462. The highest BCUT2D eigenvalue weighted by molar-refractivity contribution is 6.31. The third-order valence-corrected chi connectivity index (χ3v) is 4.88. The molecule has 0 saturated carbocycles. The van der Waals surface area contributed by atoms with Crippen LogP contribution in [0.3, 0.4) is 0 Å². The average Bonchev–Trinajstić information content (AvgIpc) is 3.12.